The van der Waals surface area contributed by atoms with Crippen molar-refractivity contribution in [1.82, 2.24) is 5.32 Å². The van der Waals surface area contributed by atoms with Crippen LogP contribution in [0.25, 0.3) is 0 Å². The highest BCUT2D eigenvalue weighted by Crippen LogP contribution is 2.15. The van der Waals surface area contributed by atoms with E-state index in [-0.39, 0.29) is 12.4 Å². The Morgan fingerprint density at radius 3 is 2.57 bits per heavy atom. The Balaban J connectivity index is 1.94. The first-order chi connectivity index (χ1) is 10.2. The van der Waals surface area contributed by atoms with Gasteiger partial charge < -0.3 is 19.2 Å². The first-order valence-corrected chi connectivity index (χ1v) is 6.29. The summed E-state index contributed by atoms with van der Waals surface area (Å²) in [7, 11) is 1.23. The summed E-state index contributed by atoms with van der Waals surface area (Å²) >= 11 is 0. The highest BCUT2D eigenvalue weighted by atomic mass is 16.6. The van der Waals surface area contributed by atoms with Crippen molar-refractivity contribution in [2.45, 2.75) is 12.6 Å². The van der Waals surface area contributed by atoms with Gasteiger partial charge in [0.05, 0.1) is 13.4 Å². The van der Waals surface area contributed by atoms with Gasteiger partial charge in [-0.2, -0.15) is 0 Å². The molecule has 0 aliphatic carbocycles. The molecule has 0 bridgehead atoms. The largest absolute Gasteiger partial charge is 0.467 e. The summed E-state index contributed by atoms with van der Waals surface area (Å²) in [5.74, 6) is -0.361. The summed E-state index contributed by atoms with van der Waals surface area (Å²) in [6.45, 7) is 0.110. The van der Waals surface area contributed by atoms with Crippen LogP contribution in [-0.4, -0.2) is 19.2 Å². The first kappa shape index (κ1) is 14.6. The van der Waals surface area contributed by atoms with E-state index in [0.29, 0.717) is 0 Å². The Morgan fingerprint density at radius 2 is 1.95 bits per heavy atom. The Hall–Kier alpha value is -2.76. The molecule has 1 heterocycles. The third-order valence-corrected chi connectivity index (χ3v) is 2.74. The zero-order chi connectivity index (χ0) is 15.1. The maximum absolute atomic E-state index is 11.8. The van der Waals surface area contributed by atoms with Gasteiger partial charge in [-0.05, 0) is 17.7 Å². The number of hydrogen-bond donors (Lipinski definition) is 1. The van der Waals surface area contributed by atoms with Crippen molar-refractivity contribution >= 4 is 12.1 Å². The maximum atomic E-state index is 11.8. The molecule has 21 heavy (non-hydrogen) atoms. The number of alkyl carbamates (subject to hydrolysis) is 1. The Bertz CT molecular complexity index is 579. The number of benzene rings is 1. The second-order valence-corrected chi connectivity index (χ2v) is 4.18. The molecule has 0 saturated heterocycles. The molecule has 6 nitrogen and oxygen atoms in total. The van der Waals surface area contributed by atoms with Crippen molar-refractivity contribution in [3.63, 3.8) is 0 Å². The van der Waals surface area contributed by atoms with Crippen LogP contribution in [-0.2, 0) is 20.9 Å². The number of amides is 1. The predicted octanol–water partition coefficient (Wildman–Crippen LogP) is 2.42. The summed E-state index contributed by atoms with van der Waals surface area (Å²) < 4.78 is 14.8. The molecule has 2 aromatic rings. The SMILES string of the molecule is COC(=O)[C@@H](NC(=O)OCc1ccccc1)c1ccco1. The van der Waals surface area contributed by atoms with Crippen LogP contribution >= 0.6 is 0 Å². The summed E-state index contributed by atoms with van der Waals surface area (Å²) in [5, 5.41) is 2.41. The van der Waals surface area contributed by atoms with Gasteiger partial charge in [0.2, 0.25) is 0 Å². The molecule has 0 saturated carbocycles. The van der Waals surface area contributed by atoms with Gasteiger partial charge in [0.25, 0.3) is 0 Å². The summed E-state index contributed by atoms with van der Waals surface area (Å²) in [6, 6.07) is 11.4. The number of esters is 1. The molecule has 0 aliphatic rings. The monoisotopic (exact) mass is 289 g/mol. The van der Waals surface area contributed by atoms with Crippen molar-refractivity contribution in [3.8, 4) is 0 Å². The van der Waals surface area contributed by atoms with Crippen molar-refractivity contribution in [3.05, 3.63) is 60.1 Å². The van der Waals surface area contributed by atoms with Gasteiger partial charge >= 0.3 is 12.1 Å². The van der Waals surface area contributed by atoms with E-state index in [1.54, 1.807) is 12.1 Å². The fraction of sp³-hybridized carbons (Fsp3) is 0.200. The van der Waals surface area contributed by atoms with Crippen LogP contribution < -0.4 is 5.32 Å². The second-order valence-electron chi connectivity index (χ2n) is 4.18. The quantitative estimate of drug-likeness (QED) is 0.855. The molecule has 6 heteroatoms. The standard InChI is InChI=1S/C15H15NO5/c1-19-14(17)13(12-8-5-9-20-12)16-15(18)21-10-11-6-3-2-4-7-11/h2-9,13H,10H2,1H3,(H,16,18)/t13-/m0/s1. The van der Waals surface area contributed by atoms with Crippen LogP contribution in [0, 0.1) is 0 Å². The third-order valence-electron chi connectivity index (χ3n) is 2.74. The molecule has 1 amide bonds. The lowest BCUT2D eigenvalue weighted by Gasteiger charge is -2.14. The number of nitrogens with one attached hydrogen (secondary N) is 1. The zero-order valence-corrected chi connectivity index (χ0v) is 11.4. The van der Waals surface area contributed by atoms with Crippen molar-refractivity contribution in [2.24, 2.45) is 0 Å². The van der Waals surface area contributed by atoms with Gasteiger partial charge in [-0.15, -0.1) is 0 Å². The molecular weight excluding hydrogens is 274 g/mol. The maximum Gasteiger partial charge on any atom is 0.408 e. The topological polar surface area (TPSA) is 77.8 Å². The number of furan rings is 1. The lowest BCUT2D eigenvalue weighted by Crippen LogP contribution is -2.34. The Labute approximate surface area is 121 Å². The van der Waals surface area contributed by atoms with Gasteiger partial charge in [0.15, 0.2) is 6.04 Å². The molecule has 1 aromatic heterocycles. The van der Waals surface area contributed by atoms with Crippen molar-refractivity contribution < 1.29 is 23.5 Å². The highest BCUT2D eigenvalue weighted by molar-refractivity contribution is 5.82. The van der Waals surface area contributed by atoms with Gasteiger partial charge in [-0.25, -0.2) is 9.59 Å². The van der Waals surface area contributed by atoms with E-state index < -0.39 is 18.1 Å². The molecule has 0 fully saturated rings. The minimum Gasteiger partial charge on any atom is -0.467 e. The van der Waals surface area contributed by atoms with Crippen molar-refractivity contribution in [2.75, 3.05) is 7.11 Å². The smallest absolute Gasteiger partial charge is 0.408 e. The molecule has 0 unspecified atom stereocenters. The third kappa shape index (κ3) is 4.10. The number of carbonyl (C=O) groups is 2. The van der Waals surface area contributed by atoms with Crippen LogP contribution in [0.15, 0.2) is 53.1 Å². The van der Waals surface area contributed by atoms with Gasteiger partial charge in [-0.1, -0.05) is 30.3 Å². The highest BCUT2D eigenvalue weighted by Gasteiger charge is 2.26. The predicted molar refractivity (Wildman–Crippen MR) is 73.2 cm³/mol. The fourth-order valence-electron chi connectivity index (χ4n) is 1.70. The number of rotatable bonds is 5. The van der Waals surface area contributed by atoms with Crippen LogP contribution in [0.5, 0.6) is 0 Å². The van der Waals surface area contributed by atoms with Gasteiger partial charge in [-0.3, -0.25) is 0 Å². The first-order valence-electron chi connectivity index (χ1n) is 6.29. The molecule has 1 aromatic carbocycles. The second kappa shape index (κ2) is 7.14. The zero-order valence-electron chi connectivity index (χ0n) is 11.4. The van der Waals surface area contributed by atoms with Crippen LogP contribution in [0.1, 0.15) is 17.4 Å². The Kier molecular flexibility index (Phi) is 4.98. The van der Waals surface area contributed by atoms with Gasteiger partial charge in [0, 0.05) is 0 Å². The van der Waals surface area contributed by atoms with E-state index in [0.717, 1.165) is 5.56 Å². The molecule has 0 radical (unpaired) electrons. The van der Waals surface area contributed by atoms with E-state index in [1.165, 1.54) is 13.4 Å². The van der Waals surface area contributed by atoms with Crippen LogP contribution in [0.3, 0.4) is 0 Å². The van der Waals surface area contributed by atoms with E-state index in [4.69, 9.17) is 9.15 Å². The van der Waals surface area contributed by atoms with Crippen LogP contribution in [0.2, 0.25) is 0 Å². The summed E-state index contributed by atoms with van der Waals surface area (Å²) in [6.07, 6.45) is 0.674. The molecular formula is C15H15NO5. The molecule has 0 spiro atoms. The Morgan fingerprint density at radius 1 is 1.19 bits per heavy atom. The lowest BCUT2D eigenvalue weighted by molar-refractivity contribution is -0.143. The molecule has 1 N–H and O–H groups in total. The number of methoxy groups -OCH3 is 1. The molecule has 2 rings (SSSR count). The molecule has 110 valence electrons. The van der Waals surface area contributed by atoms with Gasteiger partial charge in [0.1, 0.15) is 12.4 Å². The minimum atomic E-state index is -1.03. The van der Waals surface area contributed by atoms with E-state index >= 15 is 0 Å². The normalized spacial score (nSPS) is 11.5. The van der Waals surface area contributed by atoms with E-state index in [2.05, 4.69) is 10.1 Å². The average Bonchev–Trinajstić information content (AvgIpc) is 3.05. The fourth-order valence-corrected chi connectivity index (χ4v) is 1.70. The number of carbonyl (C=O) groups excluding carboxylic acids is 2. The number of ether oxygens (including phenoxy) is 2. The van der Waals surface area contributed by atoms with Crippen molar-refractivity contribution in [1.29, 1.82) is 0 Å². The lowest BCUT2D eigenvalue weighted by atomic mass is 10.2. The summed E-state index contributed by atoms with van der Waals surface area (Å²) in [4.78, 5) is 23.4. The molecule has 1 atom stereocenters. The molecule has 0 aliphatic heterocycles. The van der Waals surface area contributed by atoms with Crippen LogP contribution in [0.4, 0.5) is 4.79 Å². The minimum absolute atomic E-state index is 0.110. The summed E-state index contributed by atoms with van der Waals surface area (Å²) in [5.41, 5.74) is 0.847. The average molecular weight is 289 g/mol. The van der Waals surface area contributed by atoms with E-state index in [9.17, 15) is 9.59 Å². The van der Waals surface area contributed by atoms with E-state index in [1.807, 2.05) is 30.3 Å². The number of hydrogen-bond acceptors (Lipinski definition) is 5.